The predicted octanol–water partition coefficient (Wildman–Crippen LogP) is 4.43. The number of halogens is 1. The number of anilines is 1. The van der Waals surface area contributed by atoms with E-state index in [2.05, 4.69) is 31.3 Å². The predicted molar refractivity (Wildman–Crippen MR) is 133 cm³/mol. The second-order valence-corrected chi connectivity index (χ2v) is 10.2. The van der Waals surface area contributed by atoms with Gasteiger partial charge in [0, 0.05) is 11.3 Å². The summed E-state index contributed by atoms with van der Waals surface area (Å²) in [6.45, 7) is 3.87. The van der Waals surface area contributed by atoms with Crippen LogP contribution in [0.1, 0.15) is 30.0 Å². The maximum atomic E-state index is 12.5. The number of furan rings is 1. The molecule has 1 amide bonds. The van der Waals surface area contributed by atoms with Crippen molar-refractivity contribution in [3.05, 3.63) is 76.7 Å². The molecule has 33 heavy (non-hydrogen) atoms. The van der Waals surface area contributed by atoms with Gasteiger partial charge >= 0.3 is 0 Å². The molecule has 8 nitrogen and oxygen atoms in total. The number of hydrogen-bond donors (Lipinski definition) is 3. The van der Waals surface area contributed by atoms with E-state index in [1.54, 1.807) is 42.5 Å². The van der Waals surface area contributed by atoms with E-state index in [1.165, 1.54) is 18.4 Å². The van der Waals surface area contributed by atoms with E-state index in [0.29, 0.717) is 27.2 Å². The number of sulfonamides is 1. The third-order valence-corrected chi connectivity index (χ3v) is 6.46. The second-order valence-electron chi connectivity index (χ2n) is 7.15. The molecule has 0 aliphatic carbocycles. The molecule has 2 aromatic carbocycles. The lowest BCUT2D eigenvalue weighted by Gasteiger charge is -2.13. The summed E-state index contributed by atoms with van der Waals surface area (Å²) >= 11 is 8.60. The summed E-state index contributed by atoms with van der Waals surface area (Å²) in [7, 11) is -3.71. The Morgan fingerprint density at radius 2 is 1.88 bits per heavy atom. The van der Waals surface area contributed by atoms with Crippen LogP contribution in [-0.2, 0) is 16.6 Å². The van der Waals surface area contributed by atoms with Crippen molar-refractivity contribution in [1.29, 1.82) is 0 Å². The molecule has 174 valence electrons. The van der Waals surface area contributed by atoms with E-state index in [1.807, 2.05) is 13.8 Å². The number of benzene rings is 2. The highest BCUT2D eigenvalue weighted by Gasteiger charge is 2.15. The molecule has 3 aromatic rings. The standard InChI is InChI=1S/C22H22BrN3O5S2/c1-14(2)31-20-10-5-15(12-19(20)23)21(27)26-22(32)25-16-6-8-18(9-7-16)33(28,29)24-13-17-4-3-11-30-17/h3-12,14,24H,13H2,1-2H3,(H2,25,26,27,32). The van der Waals surface area contributed by atoms with Crippen LogP contribution in [0.25, 0.3) is 0 Å². The maximum absolute atomic E-state index is 12.5. The Bertz CT molecular complexity index is 1230. The third-order valence-electron chi connectivity index (χ3n) is 4.22. The van der Waals surface area contributed by atoms with Crippen molar-refractivity contribution in [2.45, 2.75) is 31.4 Å². The van der Waals surface area contributed by atoms with Gasteiger partial charge in [0.05, 0.1) is 28.3 Å². The van der Waals surface area contributed by atoms with Crippen LogP contribution in [0, 0.1) is 0 Å². The molecule has 0 aliphatic rings. The van der Waals surface area contributed by atoms with Crippen molar-refractivity contribution in [1.82, 2.24) is 10.0 Å². The monoisotopic (exact) mass is 551 g/mol. The summed E-state index contributed by atoms with van der Waals surface area (Å²) in [6.07, 6.45) is 1.48. The summed E-state index contributed by atoms with van der Waals surface area (Å²) in [5.74, 6) is 0.744. The number of rotatable bonds is 8. The number of thiocarbonyl (C=S) groups is 1. The summed E-state index contributed by atoms with van der Waals surface area (Å²) < 4.78 is 38.7. The van der Waals surface area contributed by atoms with Gasteiger partial charge in [0.1, 0.15) is 11.5 Å². The van der Waals surface area contributed by atoms with Crippen molar-refractivity contribution < 1.29 is 22.4 Å². The Hall–Kier alpha value is -2.73. The molecular formula is C22H22BrN3O5S2. The van der Waals surface area contributed by atoms with Gasteiger partial charge in [-0.3, -0.25) is 10.1 Å². The van der Waals surface area contributed by atoms with E-state index < -0.39 is 15.9 Å². The second kappa shape index (κ2) is 10.9. The van der Waals surface area contributed by atoms with Crippen molar-refractivity contribution in [3.8, 4) is 5.75 Å². The zero-order valence-electron chi connectivity index (χ0n) is 17.8. The average molecular weight is 552 g/mol. The van der Waals surface area contributed by atoms with Crippen molar-refractivity contribution in [2.24, 2.45) is 0 Å². The number of carbonyl (C=O) groups is 1. The average Bonchev–Trinajstić information content (AvgIpc) is 3.27. The van der Waals surface area contributed by atoms with Gasteiger partial charge in [-0.25, -0.2) is 13.1 Å². The van der Waals surface area contributed by atoms with Crippen LogP contribution >= 0.6 is 28.1 Å². The number of hydrogen-bond acceptors (Lipinski definition) is 6. The van der Waals surface area contributed by atoms with Crippen LogP contribution in [0.15, 0.2) is 74.6 Å². The van der Waals surface area contributed by atoms with E-state index >= 15 is 0 Å². The number of amides is 1. The first-order valence-corrected chi connectivity index (χ1v) is 12.5. The minimum absolute atomic E-state index is 0.00548. The molecule has 3 N–H and O–H groups in total. The van der Waals surface area contributed by atoms with Gasteiger partial charge in [-0.05, 0) is 96.6 Å². The molecule has 0 spiro atoms. The molecule has 0 fully saturated rings. The molecule has 0 bridgehead atoms. The fraction of sp³-hybridized carbons (Fsp3) is 0.182. The SMILES string of the molecule is CC(C)Oc1ccc(C(=O)NC(=S)Nc2ccc(S(=O)(=O)NCc3ccco3)cc2)cc1Br. The zero-order chi connectivity index (χ0) is 24.0. The Kier molecular flexibility index (Phi) is 8.25. The maximum Gasteiger partial charge on any atom is 0.257 e. The first kappa shape index (κ1) is 24.9. The minimum atomic E-state index is -3.71. The fourth-order valence-electron chi connectivity index (χ4n) is 2.71. The van der Waals surface area contributed by atoms with Crippen LogP contribution in [-0.4, -0.2) is 25.5 Å². The van der Waals surface area contributed by atoms with Gasteiger partial charge in [-0.2, -0.15) is 0 Å². The molecule has 0 aliphatic heterocycles. The lowest BCUT2D eigenvalue weighted by molar-refractivity contribution is 0.0977. The molecule has 3 rings (SSSR count). The van der Waals surface area contributed by atoms with Gasteiger partial charge in [-0.1, -0.05) is 0 Å². The normalized spacial score (nSPS) is 11.3. The van der Waals surface area contributed by atoms with E-state index in [4.69, 9.17) is 21.4 Å². The highest BCUT2D eigenvalue weighted by atomic mass is 79.9. The Morgan fingerprint density at radius 1 is 1.15 bits per heavy atom. The van der Waals surface area contributed by atoms with Gasteiger partial charge in [0.2, 0.25) is 10.0 Å². The molecule has 0 radical (unpaired) electrons. The highest BCUT2D eigenvalue weighted by Crippen LogP contribution is 2.27. The molecule has 0 atom stereocenters. The summed E-state index contributed by atoms with van der Waals surface area (Å²) in [4.78, 5) is 12.6. The third kappa shape index (κ3) is 7.13. The van der Waals surface area contributed by atoms with E-state index in [9.17, 15) is 13.2 Å². The lowest BCUT2D eigenvalue weighted by atomic mass is 10.2. The quantitative estimate of drug-likeness (QED) is 0.355. The van der Waals surface area contributed by atoms with Crippen molar-refractivity contribution >= 4 is 54.9 Å². The first-order chi connectivity index (χ1) is 15.6. The molecule has 0 saturated carbocycles. The van der Waals surface area contributed by atoms with Gasteiger partial charge in [-0.15, -0.1) is 0 Å². The van der Waals surface area contributed by atoms with E-state index in [-0.39, 0.29) is 22.7 Å². The van der Waals surface area contributed by atoms with Crippen LogP contribution in [0.4, 0.5) is 5.69 Å². The fourth-order valence-corrected chi connectivity index (χ4v) is 4.39. The smallest absolute Gasteiger partial charge is 0.257 e. The van der Waals surface area contributed by atoms with Gasteiger partial charge in [0.25, 0.3) is 5.91 Å². The highest BCUT2D eigenvalue weighted by molar-refractivity contribution is 9.10. The summed E-state index contributed by atoms with van der Waals surface area (Å²) in [6, 6.07) is 14.3. The largest absolute Gasteiger partial charge is 0.490 e. The number of carbonyl (C=O) groups excluding carboxylic acids is 1. The molecule has 1 heterocycles. The zero-order valence-corrected chi connectivity index (χ0v) is 21.0. The van der Waals surface area contributed by atoms with Crippen molar-refractivity contribution in [2.75, 3.05) is 5.32 Å². The van der Waals surface area contributed by atoms with Crippen LogP contribution in [0.2, 0.25) is 0 Å². The van der Waals surface area contributed by atoms with Crippen LogP contribution < -0.4 is 20.1 Å². The lowest BCUT2D eigenvalue weighted by Crippen LogP contribution is -2.34. The summed E-state index contributed by atoms with van der Waals surface area (Å²) in [5, 5.41) is 5.53. The molecule has 0 unspecified atom stereocenters. The Morgan fingerprint density at radius 3 is 2.48 bits per heavy atom. The van der Waals surface area contributed by atoms with Gasteiger partial charge in [0.15, 0.2) is 5.11 Å². The Balaban J connectivity index is 1.57. The molecular weight excluding hydrogens is 530 g/mol. The Labute approximate surface area is 205 Å². The van der Waals surface area contributed by atoms with Crippen LogP contribution in [0.5, 0.6) is 5.75 Å². The molecule has 0 saturated heterocycles. The summed E-state index contributed by atoms with van der Waals surface area (Å²) in [5.41, 5.74) is 0.915. The minimum Gasteiger partial charge on any atom is -0.490 e. The molecule has 1 aromatic heterocycles. The first-order valence-electron chi connectivity index (χ1n) is 9.85. The van der Waals surface area contributed by atoms with Crippen LogP contribution in [0.3, 0.4) is 0 Å². The topological polar surface area (TPSA) is 110 Å². The van der Waals surface area contributed by atoms with E-state index in [0.717, 1.165) is 0 Å². The van der Waals surface area contributed by atoms with Gasteiger partial charge < -0.3 is 14.5 Å². The number of nitrogens with one attached hydrogen (secondary N) is 3. The number of ether oxygens (including phenoxy) is 1. The van der Waals surface area contributed by atoms with Crippen molar-refractivity contribution in [3.63, 3.8) is 0 Å². The molecule has 11 heteroatoms.